The molecule has 0 unspecified atom stereocenters. The lowest BCUT2D eigenvalue weighted by atomic mass is 10.1. The number of aromatic nitrogens is 2. The molecule has 0 radical (unpaired) electrons. The van der Waals surface area contributed by atoms with Gasteiger partial charge in [0.15, 0.2) is 0 Å². The zero-order valence-electron chi connectivity index (χ0n) is 13.8. The first-order chi connectivity index (χ1) is 12.1. The first kappa shape index (κ1) is 16.9. The van der Waals surface area contributed by atoms with Crippen LogP contribution in [0.25, 0.3) is 11.3 Å². The number of rotatable bonds is 6. The van der Waals surface area contributed by atoms with E-state index in [0.29, 0.717) is 17.5 Å². The molecule has 0 spiro atoms. The van der Waals surface area contributed by atoms with Crippen molar-refractivity contribution in [1.29, 1.82) is 0 Å². The molecular formula is C19H19FN4O. The average molecular weight is 338 g/mol. The van der Waals surface area contributed by atoms with Crippen LogP contribution < -0.4 is 10.6 Å². The molecule has 5 nitrogen and oxygen atoms in total. The summed E-state index contributed by atoms with van der Waals surface area (Å²) in [5.41, 5.74) is 2.26. The number of hydrogen-bond donors (Lipinski definition) is 3. The zero-order valence-corrected chi connectivity index (χ0v) is 13.8. The number of benzene rings is 2. The lowest BCUT2D eigenvalue weighted by Gasteiger charge is -2.14. The Morgan fingerprint density at radius 3 is 2.56 bits per heavy atom. The van der Waals surface area contributed by atoms with Crippen LogP contribution in [0.5, 0.6) is 0 Å². The fourth-order valence-corrected chi connectivity index (χ4v) is 2.31. The largest absolute Gasteiger partial charge is 0.394 e. The minimum atomic E-state index is -0.324. The van der Waals surface area contributed by atoms with Gasteiger partial charge in [0.05, 0.1) is 12.3 Å². The van der Waals surface area contributed by atoms with Gasteiger partial charge in [-0.2, -0.15) is 4.98 Å². The summed E-state index contributed by atoms with van der Waals surface area (Å²) in [5, 5.41) is 15.4. The quantitative estimate of drug-likeness (QED) is 0.637. The molecule has 1 aromatic heterocycles. The molecule has 0 saturated heterocycles. The van der Waals surface area contributed by atoms with Crippen LogP contribution in [-0.4, -0.2) is 27.7 Å². The third-order valence-corrected chi connectivity index (χ3v) is 3.54. The Balaban J connectivity index is 1.97. The predicted octanol–water partition coefficient (Wildman–Crippen LogP) is 3.82. The Bertz CT molecular complexity index is 842. The SMILES string of the molecule is C[C@H](CO)Nc1nc(Nc2cccc(F)c2)cc(-c2ccccc2)n1. The van der Waals surface area contributed by atoms with Crippen molar-refractivity contribution in [3.63, 3.8) is 0 Å². The molecule has 0 saturated carbocycles. The first-order valence-electron chi connectivity index (χ1n) is 7.98. The van der Waals surface area contributed by atoms with Crippen molar-refractivity contribution >= 4 is 17.5 Å². The number of aliphatic hydroxyl groups is 1. The molecule has 0 aliphatic heterocycles. The number of halogens is 1. The Morgan fingerprint density at radius 2 is 1.84 bits per heavy atom. The van der Waals surface area contributed by atoms with Gasteiger partial charge < -0.3 is 15.7 Å². The highest BCUT2D eigenvalue weighted by Crippen LogP contribution is 2.24. The first-order valence-corrected chi connectivity index (χ1v) is 7.98. The number of hydrogen-bond acceptors (Lipinski definition) is 5. The van der Waals surface area contributed by atoms with Crippen LogP contribution >= 0.6 is 0 Å². The molecule has 3 rings (SSSR count). The van der Waals surface area contributed by atoms with Crippen molar-refractivity contribution < 1.29 is 9.50 Å². The van der Waals surface area contributed by atoms with Crippen LogP contribution in [0.1, 0.15) is 6.92 Å². The summed E-state index contributed by atoms with van der Waals surface area (Å²) in [7, 11) is 0. The molecule has 128 valence electrons. The third-order valence-electron chi connectivity index (χ3n) is 3.54. The molecule has 0 aliphatic carbocycles. The molecule has 6 heteroatoms. The molecule has 3 N–H and O–H groups in total. The maximum absolute atomic E-state index is 13.4. The van der Waals surface area contributed by atoms with E-state index in [1.54, 1.807) is 18.2 Å². The van der Waals surface area contributed by atoms with Crippen molar-refractivity contribution in [2.45, 2.75) is 13.0 Å². The number of aliphatic hydroxyl groups excluding tert-OH is 1. The van der Waals surface area contributed by atoms with Crippen LogP contribution in [0.2, 0.25) is 0 Å². The highest BCUT2D eigenvalue weighted by molar-refractivity contribution is 5.67. The summed E-state index contributed by atoms with van der Waals surface area (Å²) in [5.74, 6) is 0.600. The van der Waals surface area contributed by atoms with E-state index in [1.807, 2.05) is 37.3 Å². The lowest BCUT2D eigenvalue weighted by Crippen LogP contribution is -2.21. The van der Waals surface area contributed by atoms with E-state index in [-0.39, 0.29) is 18.5 Å². The van der Waals surface area contributed by atoms with Gasteiger partial charge in [-0.1, -0.05) is 36.4 Å². The van der Waals surface area contributed by atoms with E-state index in [0.717, 1.165) is 11.3 Å². The van der Waals surface area contributed by atoms with Crippen LogP contribution in [0.15, 0.2) is 60.7 Å². The average Bonchev–Trinajstić information content (AvgIpc) is 2.62. The third kappa shape index (κ3) is 4.51. The van der Waals surface area contributed by atoms with Gasteiger partial charge in [0.25, 0.3) is 0 Å². The highest BCUT2D eigenvalue weighted by Gasteiger charge is 2.09. The van der Waals surface area contributed by atoms with Gasteiger partial charge in [-0.25, -0.2) is 9.37 Å². The van der Waals surface area contributed by atoms with Gasteiger partial charge >= 0.3 is 0 Å². The standard InChI is InChI=1S/C19H19FN4O/c1-13(12-25)21-19-23-17(14-6-3-2-4-7-14)11-18(24-19)22-16-9-5-8-15(20)10-16/h2-11,13,25H,12H2,1H3,(H2,21,22,23,24)/t13-/m1/s1. The predicted molar refractivity (Wildman–Crippen MR) is 97.3 cm³/mol. The Hall–Kier alpha value is -2.99. The summed E-state index contributed by atoms with van der Waals surface area (Å²) in [6.45, 7) is 1.80. The normalized spacial score (nSPS) is 11.8. The van der Waals surface area contributed by atoms with Crippen molar-refractivity contribution in [2.24, 2.45) is 0 Å². The summed E-state index contributed by atoms with van der Waals surface area (Å²) in [6, 6.07) is 17.5. The van der Waals surface area contributed by atoms with Gasteiger partial charge in [-0.15, -0.1) is 0 Å². The molecule has 0 amide bonds. The minimum absolute atomic E-state index is 0.0361. The molecule has 3 aromatic rings. The van der Waals surface area contributed by atoms with E-state index < -0.39 is 0 Å². The van der Waals surface area contributed by atoms with Gasteiger partial charge in [0.2, 0.25) is 5.95 Å². The summed E-state index contributed by atoms with van der Waals surface area (Å²) >= 11 is 0. The van der Waals surface area contributed by atoms with Crippen molar-refractivity contribution in [3.05, 3.63) is 66.5 Å². The van der Waals surface area contributed by atoms with Crippen LogP contribution in [0.4, 0.5) is 21.8 Å². The van der Waals surface area contributed by atoms with Crippen molar-refractivity contribution in [1.82, 2.24) is 9.97 Å². The van der Waals surface area contributed by atoms with E-state index in [4.69, 9.17) is 0 Å². The summed E-state index contributed by atoms with van der Waals surface area (Å²) < 4.78 is 13.4. The Morgan fingerprint density at radius 1 is 1.04 bits per heavy atom. The van der Waals surface area contributed by atoms with Crippen molar-refractivity contribution in [3.8, 4) is 11.3 Å². The fourth-order valence-electron chi connectivity index (χ4n) is 2.31. The maximum Gasteiger partial charge on any atom is 0.225 e. The molecule has 1 heterocycles. The number of nitrogens with zero attached hydrogens (tertiary/aromatic N) is 2. The highest BCUT2D eigenvalue weighted by atomic mass is 19.1. The second kappa shape index (κ2) is 7.72. The number of nitrogens with one attached hydrogen (secondary N) is 2. The molecular weight excluding hydrogens is 319 g/mol. The maximum atomic E-state index is 13.4. The van der Waals surface area contributed by atoms with Gasteiger partial charge in [-0.3, -0.25) is 0 Å². The Labute approximate surface area is 145 Å². The summed E-state index contributed by atoms with van der Waals surface area (Å²) in [6.07, 6.45) is 0. The van der Waals surface area contributed by atoms with Crippen LogP contribution in [0.3, 0.4) is 0 Å². The van der Waals surface area contributed by atoms with E-state index in [9.17, 15) is 9.50 Å². The van der Waals surface area contributed by atoms with Gasteiger partial charge in [0, 0.05) is 23.4 Å². The van der Waals surface area contributed by atoms with Crippen LogP contribution in [-0.2, 0) is 0 Å². The van der Waals surface area contributed by atoms with Crippen molar-refractivity contribution in [2.75, 3.05) is 17.2 Å². The molecule has 25 heavy (non-hydrogen) atoms. The fraction of sp³-hybridized carbons (Fsp3) is 0.158. The summed E-state index contributed by atoms with van der Waals surface area (Å²) in [4.78, 5) is 8.91. The topological polar surface area (TPSA) is 70.1 Å². The molecule has 2 aromatic carbocycles. The molecule has 1 atom stereocenters. The second-order valence-corrected chi connectivity index (χ2v) is 5.69. The lowest BCUT2D eigenvalue weighted by molar-refractivity contribution is 0.281. The van der Waals surface area contributed by atoms with E-state index in [1.165, 1.54) is 12.1 Å². The molecule has 0 bridgehead atoms. The van der Waals surface area contributed by atoms with E-state index >= 15 is 0 Å². The smallest absolute Gasteiger partial charge is 0.225 e. The monoisotopic (exact) mass is 338 g/mol. The van der Waals surface area contributed by atoms with E-state index in [2.05, 4.69) is 20.6 Å². The van der Waals surface area contributed by atoms with Gasteiger partial charge in [-0.05, 0) is 25.1 Å². The molecule has 0 aliphatic rings. The second-order valence-electron chi connectivity index (χ2n) is 5.69. The molecule has 0 fully saturated rings. The zero-order chi connectivity index (χ0) is 17.6. The van der Waals surface area contributed by atoms with Gasteiger partial charge in [0.1, 0.15) is 11.6 Å². The Kier molecular flexibility index (Phi) is 5.20. The number of anilines is 3. The van der Waals surface area contributed by atoms with Crippen LogP contribution in [0, 0.1) is 5.82 Å². The minimum Gasteiger partial charge on any atom is -0.394 e.